The van der Waals surface area contributed by atoms with E-state index in [0.29, 0.717) is 24.2 Å². The van der Waals surface area contributed by atoms with Gasteiger partial charge in [-0.25, -0.2) is 0 Å². The molecular weight excluding hydrogens is 450 g/mol. The topological polar surface area (TPSA) is 21.6 Å². The molecule has 1 aromatic carbocycles. The molecule has 0 bridgehead atoms. The van der Waals surface area contributed by atoms with Gasteiger partial charge in [0.25, 0.3) is 0 Å². The van der Waals surface area contributed by atoms with E-state index in [1.807, 2.05) is 20.8 Å². The number of nitrogens with zero attached hydrogens (tertiary/aromatic N) is 1. The number of alkyl halides is 6. The second-order valence-corrected chi connectivity index (χ2v) is 14.5. The van der Waals surface area contributed by atoms with Crippen LogP contribution in [0.3, 0.4) is 0 Å². The maximum atomic E-state index is 13.1. The molecule has 0 unspecified atom stereocenters. The quantitative estimate of drug-likeness (QED) is 0.146. The molecule has 0 aliphatic carbocycles. The highest BCUT2D eigenvalue weighted by Gasteiger charge is 2.38. The van der Waals surface area contributed by atoms with Crippen molar-refractivity contribution in [1.82, 2.24) is 0 Å². The van der Waals surface area contributed by atoms with Gasteiger partial charge in [0.15, 0.2) is 5.90 Å². The second kappa shape index (κ2) is 9.56. The summed E-state index contributed by atoms with van der Waals surface area (Å²) in [6, 6.07) is 1.38. The third kappa shape index (κ3) is 9.32. The lowest BCUT2D eigenvalue weighted by atomic mass is 9.85. The van der Waals surface area contributed by atoms with Crippen molar-refractivity contribution in [3.8, 4) is 0 Å². The minimum Gasteiger partial charge on any atom is -0.548 e. The minimum absolute atomic E-state index is 0.0742. The van der Waals surface area contributed by atoms with E-state index in [1.54, 1.807) is 0 Å². The molecule has 0 atom stereocenters. The highest BCUT2D eigenvalue weighted by atomic mass is 31.1. The van der Waals surface area contributed by atoms with Crippen LogP contribution in [0.15, 0.2) is 23.2 Å². The summed E-state index contributed by atoms with van der Waals surface area (Å²) in [6.07, 6.45) is -9.39. The predicted octanol–water partition coefficient (Wildman–Crippen LogP) is 7.26. The van der Waals surface area contributed by atoms with E-state index in [-0.39, 0.29) is 21.8 Å². The molecule has 1 aromatic rings. The summed E-state index contributed by atoms with van der Waals surface area (Å²) in [5.41, 5.74) is -3.64. The molecule has 0 spiro atoms. The molecule has 0 saturated heterocycles. The Bertz CT molecular complexity index is 768. The van der Waals surface area contributed by atoms with Crippen molar-refractivity contribution in [1.29, 1.82) is 0 Å². The van der Waals surface area contributed by atoms with E-state index in [4.69, 9.17) is 4.65 Å². The van der Waals surface area contributed by atoms with Gasteiger partial charge in [0, 0.05) is 6.16 Å². The Morgan fingerprint density at radius 1 is 0.781 bits per heavy atom. The van der Waals surface area contributed by atoms with E-state index >= 15 is 0 Å². The number of aliphatic imine (C=N–C) groups is 1. The van der Waals surface area contributed by atoms with Crippen molar-refractivity contribution in [2.45, 2.75) is 90.5 Å². The van der Waals surface area contributed by atoms with Crippen LogP contribution >= 0.6 is 7.92 Å². The lowest BCUT2D eigenvalue weighted by molar-refractivity contribution is -0.142. The molecule has 2 nitrogen and oxygen atoms in total. The molecule has 0 N–H and O–H groups in total. The summed E-state index contributed by atoms with van der Waals surface area (Å²) in [4.78, 5) is 4.57. The molecule has 32 heavy (non-hydrogen) atoms. The third-order valence-electron chi connectivity index (χ3n) is 4.31. The second-order valence-electron chi connectivity index (χ2n) is 10.7. The van der Waals surface area contributed by atoms with Gasteiger partial charge in [-0.3, -0.25) is 4.99 Å². The summed E-state index contributed by atoms with van der Waals surface area (Å²) in [6.45, 7) is 18.2. The summed E-state index contributed by atoms with van der Waals surface area (Å²) in [5, 5.41) is -0.148. The van der Waals surface area contributed by atoms with Gasteiger partial charge < -0.3 is 4.65 Å². The molecule has 0 aliphatic heterocycles. The molecule has 0 fully saturated rings. The molecule has 10 heteroatoms. The van der Waals surface area contributed by atoms with Crippen molar-refractivity contribution in [2.75, 3.05) is 6.16 Å². The molecule has 0 amide bonds. The first-order valence-electron chi connectivity index (χ1n) is 10.2. The van der Waals surface area contributed by atoms with Gasteiger partial charge in [-0.05, 0) is 42.6 Å². The van der Waals surface area contributed by atoms with E-state index < -0.39 is 36.9 Å². The highest BCUT2D eigenvalue weighted by molar-refractivity contribution is 7.61. The van der Waals surface area contributed by atoms with Gasteiger partial charge in [0.1, 0.15) is 0 Å². The van der Waals surface area contributed by atoms with Gasteiger partial charge in [-0.1, -0.05) is 61.6 Å². The van der Waals surface area contributed by atoms with Crippen LogP contribution in [0.5, 0.6) is 0 Å². The SMILES string of the molecule is CC(C)(C)N=C(CP(C(C)(C)C)C(C)(C)C)O[B]c1cc(C(F)(F)F)cc(C(F)(F)F)c1. The fourth-order valence-corrected chi connectivity index (χ4v) is 6.65. The largest absolute Gasteiger partial charge is 0.548 e. The van der Waals surface area contributed by atoms with E-state index in [1.165, 1.54) is 0 Å². The first-order valence-corrected chi connectivity index (χ1v) is 11.7. The van der Waals surface area contributed by atoms with Crippen LogP contribution in [0.25, 0.3) is 0 Å². The average molecular weight is 482 g/mol. The van der Waals surface area contributed by atoms with E-state index in [9.17, 15) is 26.3 Å². The normalized spacial score (nSPS) is 14.7. The molecule has 1 rings (SSSR count). The highest BCUT2D eigenvalue weighted by Crippen LogP contribution is 2.59. The fraction of sp³-hybridized carbons (Fsp3) is 0.682. The van der Waals surface area contributed by atoms with Gasteiger partial charge in [-0.2, -0.15) is 26.3 Å². The maximum Gasteiger partial charge on any atom is 0.416 e. The Balaban J connectivity index is 3.34. The standard InChI is InChI=1S/C22H32BF6NOP/c1-18(2,3)30-17(13-32(19(4,5)6)20(7,8)9)31-23-16-11-14(21(24,25)26)10-15(12-16)22(27,28)29/h10-12H,13H2,1-9H3. The first-order chi connectivity index (χ1) is 14.0. The average Bonchev–Trinajstić information content (AvgIpc) is 2.52. The Morgan fingerprint density at radius 3 is 1.50 bits per heavy atom. The Labute approximate surface area is 189 Å². The van der Waals surface area contributed by atoms with Gasteiger partial charge in [0.05, 0.1) is 16.7 Å². The van der Waals surface area contributed by atoms with Crippen molar-refractivity contribution < 1.29 is 31.0 Å². The molecular formula is C22H32BF6NOP. The summed E-state index contributed by atoms with van der Waals surface area (Å²) in [7, 11) is 0.224. The van der Waals surface area contributed by atoms with Crippen molar-refractivity contribution >= 4 is 26.8 Å². The van der Waals surface area contributed by atoms with Crippen LogP contribution in [0.1, 0.15) is 73.4 Å². The smallest absolute Gasteiger partial charge is 0.416 e. The monoisotopic (exact) mass is 482 g/mol. The van der Waals surface area contributed by atoms with Crippen molar-refractivity contribution in [3.05, 3.63) is 29.3 Å². The lowest BCUT2D eigenvalue weighted by Crippen LogP contribution is -2.33. The summed E-state index contributed by atoms with van der Waals surface area (Å²) >= 11 is 0. The van der Waals surface area contributed by atoms with Crippen LogP contribution in [0.4, 0.5) is 26.3 Å². The molecule has 0 aromatic heterocycles. The Kier molecular flexibility index (Phi) is 8.60. The number of hydrogen-bond donors (Lipinski definition) is 0. The van der Waals surface area contributed by atoms with Crippen molar-refractivity contribution in [2.24, 2.45) is 4.99 Å². The van der Waals surface area contributed by atoms with Crippen LogP contribution in [0.2, 0.25) is 0 Å². The molecule has 0 aliphatic rings. The van der Waals surface area contributed by atoms with Gasteiger partial charge >= 0.3 is 19.8 Å². The number of rotatable bonds is 4. The third-order valence-corrected chi connectivity index (χ3v) is 8.14. The Morgan fingerprint density at radius 2 is 1.19 bits per heavy atom. The van der Waals surface area contributed by atoms with Gasteiger partial charge in [-0.15, -0.1) is 0 Å². The van der Waals surface area contributed by atoms with Crippen LogP contribution in [-0.2, 0) is 17.0 Å². The molecule has 181 valence electrons. The van der Waals surface area contributed by atoms with Gasteiger partial charge in [0.2, 0.25) is 0 Å². The summed E-state index contributed by atoms with van der Waals surface area (Å²) < 4.78 is 84.6. The number of halogens is 6. The maximum absolute atomic E-state index is 13.1. The summed E-state index contributed by atoms with van der Waals surface area (Å²) in [5.74, 6) is 0.291. The fourth-order valence-electron chi connectivity index (χ4n) is 3.27. The zero-order valence-electron chi connectivity index (χ0n) is 20.1. The first kappa shape index (κ1) is 28.8. The predicted molar refractivity (Wildman–Crippen MR) is 121 cm³/mol. The van der Waals surface area contributed by atoms with E-state index in [2.05, 4.69) is 46.5 Å². The zero-order chi connectivity index (χ0) is 25.3. The number of benzene rings is 1. The van der Waals surface area contributed by atoms with Crippen LogP contribution in [0, 0.1) is 0 Å². The molecule has 1 radical (unpaired) electrons. The molecule has 0 saturated carbocycles. The minimum atomic E-state index is -4.92. The zero-order valence-corrected chi connectivity index (χ0v) is 21.0. The Hall–Kier alpha value is -1.24. The lowest BCUT2D eigenvalue weighted by Gasteiger charge is -2.41. The van der Waals surface area contributed by atoms with Crippen molar-refractivity contribution in [3.63, 3.8) is 0 Å². The number of hydrogen-bond acceptors (Lipinski definition) is 2. The van der Waals surface area contributed by atoms with E-state index in [0.717, 1.165) is 7.48 Å². The van der Waals surface area contributed by atoms with Crippen LogP contribution in [-0.4, -0.2) is 35.4 Å². The molecule has 0 heterocycles. The van der Waals surface area contributed by atoms with Crippen LogP contribution < -0.4 is 5.46 Å².